The highest BCUT2D eigenvalue weighted by Gasteiger charge is 2.47. The summed E-state index contributed by atoms with van der Waals surface area (Å²) in [6, 6.07) is 3.71. The van der Waals surface area contributed by atoms with Crippen LogP contribution in [0.5, 0.6) is 0 Å². The zero-order chi connectivity index (χ0) is 20.1. The molecule has 1 fully saturated rings. The van der Waals surface area contributed by atoms with Crippen molar-refractivity contribution < 1.29 is 14.7 Å². The van der Waals surface area contributed by atoms with Crippen molar-refractivity contribution in [3.63, 3.8) is 0 Å². The van der Waals surface area contributed by atoms with E-state index in [-0.39, 0.29) is 23.5 Å². The minimum absolute atomic E-state index is 0.0167. The summed E-state index contributed by atoms with van der Waals surface area (Å²) in [5.41, 5.74) is 2.32. The van der Waals surface area contributed by atoms with Gasteiger partial charge in [0.15, 0.2) is 5.78 Å². The molecule has 1 heterocycles. The Morgan fingerprint density at radius 1 is 1.25 bits per heavy atom. The van der Waals surface area contributed by atoms with Crippen LogP contribution in [0.2, 0.25) is 0 Å². The lowest BCUT2D eigenvalue weighted by Crippen LogP contribution is -2.27. The van der Waals surface area contributed by atoms with Gasteiger partial charge in [-0.25, -0.2) is 0 Å². The summed E-state index contributed by atoms with van der Waals surface area (Å²) in [7, 11) is 3.57. The van der Waals surface area contributed by atoms with Crippen molar-refractivity contribution in [2.45, 2.75) is 44.6 Å². The summed E-state index contributed by atoms with van der Waals surface area (Å²) in [5.74, 6) is 0.391. The summed E-state index contributed by atoms with van der Waals surface area (Å²) in [6.07, 6.45) is 13.6. The molecule has 0 radical (unpaired) electrons. The Morgan fingerprint density at radius 3 is 2.71 bits per heavy atom. The fourth-order valence-electron chi connectivity index (χ4n) is 4.50. The maximum atomic E-state index is 12.7. The van der Waals surface area contributed by atoms with E-state index in [1.54, 1.807) is 43.5 Å². The van der Waals surface area contributed by atoms with Gasteiger partial charge in [-0.15, -0.1) is 0 Å². The molecule has 0 bridgehead atoms. The number of unbranched alkanes of at least 4 members (excludes halogenated alkanes) is 1. The summed E-state index contributed by atoms with van der Waals surface area (Å²) in [4.78, 5) is 30.0. The number of carbonyl (C=O) groups is 2. The third-order valence-electron chi connectivity index (χ3n) is 6.00. The number of fused-ring (bicyclic) bond motifs is 1. The molecule has 0 unspecified atom stereocenters. The third kappa shape index (κ3) is 4.96. The minimum Gasteiger partial charge on any atom is -0.392 e. The van der Waals surface area contributed by atoms with Crippen molar-refractivity contribution in [2.75, 3.05) is 14.1 Å². The van der Waals surface area contributed by atoms with Crippen LogP contribution >= 0.6 is 0 Å². The second-order valence-electron chi connectivity index (χ2n) is 8.20. The lowest BCUT2D eigenvalue weighted by Gasteiger charge is -2.19. The quantitative estimate of drug-likeness (QED) is 0.426. The van der Waals surface area contributed by atoms with E-state index in [4.69, 9.17) is 0 Å². The van der Waals surface area contributed by atoms with Crippen molar-refractivity contribution >= 4 is 17.8 Å². The van der Waals surface area contributed by atoms with E-state index in [0.717, 1.165) is 31.2 Å². The fourth-order valence-corrected chi connectivity index (χ4v) is 4.50. The normalized spacial score (nSPS) is 26.3. The molecule has 1 N–H and O–H groups in total. The second-order valence-corrected chi connectivity index (χ2v) is 8.20. The Labute approximate surface area is 167 Å². The van der Waals surface area contributed by atoms with E-state index in [1.165, 1.54) is 5.57 Å². The molecule has 0 aliphatic heterocycles. The smallest absolute Gasteiger partial charge is 0.222 e. The Morgan fingerprint density at radius 2 is 2.00 bits per heavy atom. The average Bonchev–Trinajstić information content (AvgIpc) is 3.19. The van der Waals surface area contributed by atoms with Gasteiger partial charge in [-0.2, -0.15) is 0 Å². The Kier molecular flexibility index (Phi) is 6.79. The minimum atomic E-state index is -0.555. The van der Waals surface area contributed by atoms with Gasteiger partial charge in [-0.3, -0.25) is 14.6 Å². The fraction of sp³-hybridized carbons (Fsp3) is 0.522. The molecule has 150 valence electrons. The van der Waals surface area contributed by atoms with Crippen LogP contribution in [-0.2, 0) is 9.59 Å². The maximum absolute atomic E-state index is 12.7. The molecule has 0 spiro atoms. The van der Waals surface area contributed by atoms with Gasteiger partial charge in [-0.1, -0.05) is 17.7 Å². The molecule has 2 aliphatic carbocycles. The first kappa shape index (κ1) is 20.5. The van der Waals surface area contributed by atoms with Gasteiger partial charge in [0.25, 0.3) is 0 Å². The topological polar surface area (TPSA) is 70.5 Å². The molecule has 0 aromatic carbocycles. The van der Waals surface area contributed by atoms with Crippen molar-refractivity contribution in [3.8, 4) is 0 Å². The van der Waals surface area contributed by atoms with Crippen LogP contribution in [0.4, 0.5) is 0 Å². The number of rotatable bonds is 8. The molecule has 1 aromatic heterocycles. The first-order valence-electron chi connectivity index (χ1n) is 10.2. The Hall–Kier alpha value is -2.27. The van der Waals surface area contributed by atoms with E-state index in [1.807, 2.05) is 12.1 Å². The van der Waals surface area contributed by atoms with Crippen LogP contribution in [0.1, 0.15) is 44.1 Å². The van der Waals surface area contributed by atoms with E-state index in [2.05, 4.69) is 11.1 Å². The van der Waals surface area contributed by atoms with Crippen molar-refractivity contribution in [3.05, 3.63) is 47.8 Å². The SMILES string of the molecule is CN(C)C(=O)CCCCC1=C[C@H]2C[C@@H](O)[C@H](C(=O)/C=C/c3ccncc3)[C@H]2C1. The van der Waals surface area contributed by atoms with E-state index in [0.29, 0.717) is 18.8 Å². The molecular weight excluding hydrogens is 352 g/mol. The molecular formula is C23H30N2O3. The number of allylic oxidation sites excluding steroid dienone is 3. The molecule has 28 heavy (non-hydrogen) atoms. The summed E-state index contributed by atoms with van der Waals surface area (Å²) in [5, 5.41) is 10.4. The van der Waals surface area contributed by atoms with Crippen LogP contribution in [0, 0.1) is 17.8 Å². The van der Waals surface area contributed by atoms with Crippen LogP contribution in [0.3, 0.4) is 0 Å². The van der Waals surface area contributed by atoms with E-state index >= 15 is 0 Å². The highest BCUT2D eigenvalue weighted by Crippen LogP contribution is 2.48. The predicted octanol–water partition coefficient (Wildman–Crippen LogP) is 3.26. The largest absolute Gasteiger partial charge is 0.392 e. The van der Waals surface area contributed by atoms with Crippen LogP contribution in [0.15, 0.2) is 42.3 Å². The zero-order valence-electron chi connectivity index (χ0n) is 16.8. The average molecular weight is 383 g/mol. The standard InChI is InChI=1S/C23H30N2O3/c1-25(2)22(28)6-4-3-5-17-13-18-15-21(27)23(19(18)14-17)20(26)8-7-16-9-11-24-12-10-16/h7-13,18-19,21,23,27H,3-6,14-15H2,1-2H3/b8-7+/t18-,19-,21+,23-/m0/s1. The molecule has 4 atom stereocenters. The van der Waals surface area contributed by atoms with Crippen molar-refractivity contribution in [2.24, 2.45) is 17.8 Å². The second kappa shape index (κ2) is 9.28. The summed E-state index contributed by atoms with van der Waals surface area (Å²) < 4.78 is 0. The predicted molar refractivity (Wildman–Crippen MR) is 109 cm³/mol. The van der Waals surface area contributed by atoms with Crippen molar-refractivity contribution in [1.29, 1.82) is 0 Å². The van der Waals surface area contributed by atoms with Gasteiger partial charge < -0.3 is 10.0 Å². The highest BCUT2D eigenvalue weighted by molar-refractivity contribution is 5.96. The van der Waals surface area contributed by atoms with Gasteiger partial charge in [0.05, 0.1) is 12.0 Å². The summed E-state index contributed by atoms with van der Waals surface area (Å²) >= 11 is 0. The number of hydrogen-bond acceptors (Lipinski definition) is 4. The first-order valence-corrected chi connectivity index (χ1v) is 10.2. The number of aliphatic hydroxyl groups excluding tert-OH is 1. The lowest BCUT2D eigenvalue weighted by molar-refractivity contribution is -0.128. The van der Waals surface area contributed by atoms with E-state index < -0.39 is 6.10 Å². The molecule has 5 heteroatoms. The number of aliphatic hydroxyl groups is 1. The lowest BCUT2D eigenvalue weighted by atomic mass is 9.86. The number of nitrogens with zero attached hydrogens (tertiary/aromatic N) is 2. The molecule has 5 nitrogen and oxygen atoms in total. The van der Waals surface area contributed by atoms with Crippen LogP contribution in [-0.4, -0.2) is 46.9 Å². The summed E-state index contributed by atoms with van der Waals surface area (Å²) in [6.45, 7) is 0. The molecule has 1 aromatic rings. The third-order valence-corrected chi connectivity index (χ3v) is 6.00. The Balaban J connectivity index is 1.51. The molecule has 1 amide bonds. The molecule has 0 saturated heterocycles. The number of carbonyl (C=O) groups excluding carboxylic acids is 2. The van der Waals surface area contributed by atoms with Crippen LogP contribution in [0.25, 0.3) is 6.08 Å². The van der Waals surface area contributed by atoms with Crippen molar-refractivity contribution in [1.82, 2.24) is 9.88 Å². The van der Waals surface area contributed by atoms with Gasteiger partial charge in [0.2, 0.25) is 5.91 Å². The zero-order valence-corrected chi connectivity index (χ0v) is 16.8. The maximum Gasteiger partial charge on any atom is 0.222 e. The number of pyridine rings is 1. The monoisotopic (exact) mass is 382 g/mol. The molecule has 1 saturated carbocycles. The van der Waals surface area contributed by atoms with Gasteiger partial charge in [0, 0.05) is 32.9 Å². The highest BCUT2D eigenvalue weighted by atomic mass is 16.3. The van der Waals surface area contributed by atoms with Gasteiger partial charge in [-0.05, 0) is 67.7 Å². The van der Waals surface area contributed by atoms with Gasteiger partial charge in [0.1, 0.15) is 0 Å². The number of amides is 1. The first-order chi connectivity index (χ1) is 13.5. The van der Waals surface area contributed by atoms with E-state index in [9.17, 15) is 14.7 Å². The number of hydrogen-bond donors (Lipinski definition) is 1. The molecule has 3 rings (SSSR count). The molecule has 2 aliphatic rings. The Bertz CT molecular complexity index is 754. The van der Waals surface area contributed by atoms with Gasteiger partial charge >= 0.3 is 0 Å². The number of aromatic nitrogens is 1. The number of ketones is 1. The van der Waals surface area contributed by atoms with Crippen LogP contribution < -0.4 is 0 Å².